The van der Waals surface area contributed by atoms with Gasteiger partial charge in [0, 0.05) is 17.8 Å². The molecule has 2 saturated carbocycles. The first-order chi connectivity index (χ1) is 10.5. The predicted octanol–water partition coefficient (Wildman–Crippen LogP) is 2.28. The summed E-state index contributed by atoms with van der Waals surface area (Å²) < 4.78 is 0. The van der Waals surface area contributed by atoms with Gasteiger partial charge in [-0.25, -0.2) is 0 Å². The molecule has 7 nitrogen and oxygen atoms in total. The lowest BCUT2D eigenvalue weighted by Crippen LogP contribution is -2.37. The number of non-ortho nitro benzene ring substituents is 1. The van der Waals surface area contributed by atoms with E-state index < -0.39 is 22.7 Å². The molecule has 22 heavy (non-hydrogen) atoms. The van der Waals surface area contributed by atoms with Crippen molar-refractivity contribution in [3.63, 3.8) is 0 Å². The third kappa shape index (κ3) is 2.43. The lowest BCUT2D eigenvalue weighted by atomic mass is 9.78. The summed E-state index contributed by atoms with van der Waals surface area (Å²) in [5, 5.41) is 22.8. The van der Waals surface area contributed by atoms with Crippen LogP contribution in [0.15, 0.2) is 24.3 Å². The zero-order chi connectivity index (χ0) is 15.9. The Morgan fingerprint density at radius 3 is 2.55 bits per heavy atom. The van der Waals surface area contributed by atoms with Crippen molar-refractivity contribution >= 4 is 23.3 Å². The van der Waals surface area contributed by atoms with Gasteiger partial charge in [0.1, 0.15) is 0 Å². The van der Waals surface area contributed by atoms with Gasteiger partial charge in [0.05, 0.1) is 16.8 Å². The van der Waals surface area contributed by atoms with Gasteiger partial charge in [0.15, 0.2) is 0 Å². The molecule has 0 saturated heterocycles. The van der Waals surface area contributed by atoms with E-state index >= 15 is 0 Å². The Morgan fingerprint density at radius 2 is 1.91 bits per heavy atom. The molecule has 0 unspecified atom stereocenters. The van der Waals surface area contributed by atoms with E-state index in [0.29, 0.717) is 5.69 Å². The van der Waals surface area contributed by atoms with Gasteiger partial charge in [-0.15, -0.1) is 0 Å². The quantitative estimate of drug-likeness (QED) is 0.655. The van der Waals surface area contributed by atoms with Crippen LogP contribution in [0.4, 0.5) is 11.4 Å². The number of carbonyl (C=O) groups excluding carboxylic acids is 1. The molecular weight excluding hydrogens is 288 g/mol. The van der Waals surface area contributed by atoms with E-state index in [1.807, 2.05) is 0 Å². The number of rotatable bonds is 4. The Balaban J connectivity index is 1.78. The lowest BCUT2D eigenvalue weighted by molar-refractivity contribution is -0.384. The lowest BCUT2D eigenvalue weighted by Gasteiger charge is -2.27. The molecule has 0 spiro atoms. The Bertz CT molecular complexity index is 645. The van der Waals surface area contributed by atoms with Crippen molar-refractivity contribution in [2.75, 3.05) is 5.32 Å². The second kappa shape index (κ2) is 5.40. The largest absolute Gasteiger partial charge is 0.481 e. The van der Waals surface area contributed by atoms with Gasteiger partial charge in [-0.3, -0.25) is 19.7 Å². The van der Waals surface area contributed by atoms with E-state index in [1.54, 1.807) is 6.07 Å². The van der Waals surface area contributed by atoms with Gasteiger partial charge in [-0.2, -0.15) is 0 Å². The number of carboxylic acids is 1. The number of amides is 1. The van der Waals surface area contributed by atoms with Crippen molar-refractivity contribution in [3.8, 4) is 0 Å². The summed E-state index contributed by atoms with van der Waals surface area (Å²) in [5.74, 6) is -2.28. The van der Waals surface area contributed by atoms with Gasteiger partial charge in [0.2, 0.25) is 5.91 Å². The Morgan fingerprint density at radius 1 is 1.23 bits per heavy atom. The minimum Gasteiger partial charge on any atom is -0.481 e. The third-order valence-corrected chi connectivity index (χ3v) is 4.83. The molecule has 1 amide bonds. The molecule has 3 rings (SSSR count). The van der Waals surface area contributed by atoms with Crippen LogP contribution >= 0.6 is 0 Å². The normalized spacial score (nSPS) is 29.3. The van der Waals surface area contributed by atoms with Crippen LogP contribution in [0.25, 0.3) is 0 Å². The maximum Gasteiger partial charge on any atom is 0.307 e. The summed E-state index contributed by atoms with van der Waals surface area (Å²) in [5.41, 5.74) is 0.214. The number of nitrogens with zero attached hydrogens (tertiary/aromatic N) is 1. The first kappa shape index (κ1) is 14.5. The highest BCUT2D eigenvalue weighted by Crippen LogP contribution is 2.52. The number of anilines is 1. The van der Waals surface area contributed by atoms with Crippen LogP contribution in [-0.4, -0.2) is 21.9 Å². The van der Waals surface area contributed by atoms with Crippen molar-refractivity contribution in [1.82, 2.24) is 0 Å². The second-order valence-corrected chi connectivity index (χ2v) is 6.02. The summed E-state index contributed by atoms with van der Waals surface area (Å²) >= 11 is 0. The predicted molar refractivity (Wildman–Crippen MR) is 77.2 cm³/mol. The van der Waals surface area contributed by atoms with Crippen molar-refractivity contribution < 1.29 is 19.6 Å². The van der Waals surface area contributed by atoms with Crippen LogP contribution in [0.1, 0.15) is 19.3 Å². The molecule has 0 heterocycles. The van der Waals surface area contributed by atoms with Gasteiger partial charge < -0.3 is 10.4 Å². The van der Waals surface area contributed by atoms with Gasteiger partial charge in [-0.05, 0) is 37.2 Å². The van der Waals surface area contributed by atoms with Crippen molar-refractivity contribution in [2.24, 2.45) is 23.7 Å². The summed E-state index contributed by atoms with van der Waals surface area (Å²) in [6.07, 6.45) is 2.52. The fraction of sp³-hybridized carbons (Fsp3) is 0.467. The fourth-order valence-corrected chi connectivity index (χ4v) is 3.95. The number of benzene rings is 1. The van der Waals surface area contributed by atoms with Gasteiger partial charge >= 0.3 is 5.97 Å². The molecule has 4 atom stereocenters. The van der Waals surface area contributed by atoms with E-state index in [2.05, 4.69) is 5.32 Å². The van der Waals surface area contributed by atoms with Gasteiger partial charge in [-0.1, -0.05) is 6.07 Å². The molecule has 0 aliphatic heterocycles. The number of aliphatic carboxylic acids is 1. The number of carboxylic acid groups (broad SMARTS) is 1. The number of hydrogen-bond donors (Lipinski definition) is 2. The maximum atomic E-state index is 12.5. The number of hydrogen-bond acceptors (Lipinski definition) is 4. The number of fused-ring (bicyclic) bond motifs is 2. The molecule has 2 bridgehead atoms. The molecule has 2 N–H and O–H groups in total. The molecule has 2 fully saturated rings. The number of carbonyl (C=O) groups is 2. The highest BCUT2D eigenvalue weighted by atomic mass is 16.6. The van der Waals surface area contributed by atoms with Gasteiger partial charge in [0.25, 0.3) is 5.69 Å². The molecule has 7 heteroatoms. The summed E-state index contributed by atoms with van der Waals surface area (Å²) in [7, 11) is 0. The van der Waals surface area contributed by atoms with Crippen LogP contribution in [0.3, 0.4) is 0 Å². The van der Waals surface area contributed by atoms with Crippen LogP contribution in [0.5, 0.6) is 0 Å². The van der Waals surface area contributed by atoms with Crippen LogP contribution in [0.2, 0.25) is 0 Å². The molecule has 0 aromatic heterocycles. The maximum absolute atomic E-state index is 12.5. The van der Waals surface area contributed by atoms with Crippen molar-refractivity contribution in [1.29, 1.82) is 0 Å². The first-order valence-electron chi connectivity index (χ1n) is 7.25. The topological polar surface area (TPSA) is 110 Å². The smallest absolute Gasteiger partial charge is 0.307 e. The van der Waals surface area contributed by atoms with E-state index in [0.717, 1.165) is 19.3 Å². The fourth-order valence-electron chi connectivity index (χ4n) is 3.95. The second-order valence-electron chi connectivity index (χ2n) is 6.02. The number of nitrogens with one attached hydrogen (secondary N) is 1. The van der Waals surface area contributed by atoms with Crippen molar-refractivity contribution in [2.45, 2.75) is 19.3 Å². The zero-order valence-electron chi connectivity index (χ0n) is 11.8. The monoisotopic (exact) mass is 304 g/mol. The molecule has 2 aliphatic rings. The molecule has 1 aromatic rings. The standard InChI is InChI=1S/C15H16N2O5/c18-14(16-10-2-1-3-11(7-10)17(21)22)12-8-4-5-9(6-8)13(12)15(19)20/h1-3,7-9,12-13H,4-6H2,(H,16,18)(H,19,20)/t8-,9+,12-,13-/m0/s1. The molecule has 0 radical (unpaired) electrons. The van der Waals surface area contributed by atoms with Crippen LogP contribution in [0, 0.1) is 33.8 Å². The van der Waals surface area contributed by atoms with Crippen molar-refractivity contribution in [3.05, 3.63) is 34.4 Å². The Hall–Kier alpha value is -2.44. The van der Waals surface area contributed by atoms with E-state index in [1.165, 1.54) is 18.2 Å². The molecule has 2 aliphatic carbocycles. The Labute approximate surface area is 126 Å². The highest BCUT2D eigenvalue weighted by Gasteiger charge is 2.53. The third-order valence-electron chi connectivity index (χ3n) is 4.83. The van der Waals surface area contributed by atoms with E-state index in [9.17, 15) is 24.8 Å². The highest BCUT2D eigenvalue weighted by molar-refractivity contribution is 5.96. The zero-order valence-corrected chi connectivity index (χ0v) is 11.8. The van der Waals surface area contributed by atoms with Crippen LogP contribution < -0.4 is 5.32 Å². The number of nitro benzene ring substituents is 1. The summed E-state index contributed by atoms with van der Waals surface area (Å²) in [4.78, 5) is 34.1. The van der Waals surface area contributed by atoms with E-state index in [-0.39, 0.29) is 23.4 Å². The average molecular weight is 304 g/mol. The summed E-state index contributed by atoms with van der Waals surface area (Å²) in [6, 6.07) is 5.67. The molecule has 116 valence electrons. The average Bonchev–Trinajstić information content (AvgIpc) is 3.07. The summed E-state index contributed by atoms with van der Waals surface area (Å²) in [6.45, 7) is 0. The number of nitro groups is 1. The molecular formula is C15H16N2O5. The van der Waals surface area contributed by atoms with E-state index in [4.69, 9.17) is 0 Å². The molecule has 1 aromatic carbocycles. The first-order valence-corrected chi connectivity index (χ1v) is 7.25. The minimum absolute atomic E-state index is 0.0726. The minimum atomic E-state index is -0.925. The SMILES string of the molecule is O=C(O)[C@H]1[C@@H]2CC[C@@H](C2)[C@@H]1C(=O)Nc1cccc([N+](=O)[O-])c1. The Kier molecular flexibility index (Phi) is 3.56. The van der Waals surface area contributed by atoms with Crippen LogP contribution in [-0.2, 0) is 9.59 Å².